The first kappa shape index (κ1) is 22.6. The van der Waals surface area contributed by atoms with Crippen LogP contribution >= 0.6 is 0 Å². The van der Waals surface area contributed by atoms with Gasteiger partial charge in [-0.25, -0.2) is 4.98 Å². The third kappa shape index (κ3) is 4.72. The molecule has 0 spiro atoms. The normalized spacial score (nSPS) is 18.4. The van der Waals surface area contributed by atoms with Gasteiger partial charge in [0.2, 0.25) is 11.8 Å². The van der Waals surface area contributed by atoms with Crippen LogP contribution in [0.5, 0.6) is 0 Å². The van der Waals surface area contributed by atoms with E-state index in [1.165, 1.54) is 18.4 Å². The van der Waals surface area contributed by atoms with Crippen molar-refractivity contribution in [1.82, 2.24) is 15.2 Å². The number of aromatic nitrogens is 1. The summed E-state index contributed by atoms with van der Waals surface area (Å²) >= 11 is 0. The molecule has 1 aromatic heterocycles. The Morgan fingerprint density at radius 2 is 1.74 bits per heavy atom. The number of benzene rings is 2. The van der Waals surface area contributed by atoms with Gasteiger partial charge >= 0.3 is 0 Å². The minimum Gasteiger partial charge on any atom is -0.436 e. The van der Waals surface area contributed by atoms with Gasteiger partial charge in [-0.1, -0.05) is 37.5 Å². The van der Waals surface area contributed by atoms with Crippen LogP contribution in [0.4, 0.5) is 0 Å². The fraction of sp³-hybridized carbons (Fsp3) is 0.464. The van der Waals surface area contributed by atoms with E-state index in [-0.39, 0.29) is 17.7 Å². The molecular formula is C28H33N3O3. The SMILES string of the molecule is Cc1ccc(-c2nc3cc(C(=O)N4CCC([C@H](C)C(=O)NC5CCCC5)CC4)ccc3o2)cc1. The predicted molar refractivity (Wildman–Crippen MR) is 132 cm³/mol. The zero-order valence-corrected chi connectivity index (χ0v) is 20.0. The monoisotopic (exact) mass is 459 g/mol. The van der Waals surface area contributed by atoms with Gasteiger partial charge in [0.05, 0.1) is 0 Å². The lowest BCUT2D eigenvalue weighted by molar-refractivity contribution is -0.127. The van der Waals surface area contributed by atoms with Gasteiger partial charge in [-0.15, -0.1) is 0 Å². The topological polar surface area (TPSA) is 75.4 Å². The molecule has 1 N–H and O–H groups in total. The van der Waals surface area contributed by atoms with Crippen molar-refractivity contribution < 1.29 is 14.0 Å². The summed E-state index contributed by atoms with van der Waals surface area (Å²) in [5.41, 5.74) is 4.09. The fourth-order valence-corrected chi connectivity index (χ4v) is 5.28. The Kier molecular flexibility index (Phi) is 6.40. The summed E-state index contributed by atoms with van der Waals surface area (Å²) in [5, 5.41) is 3.23. The lowest BCUT2D eigenvalue weighted by atomic mass is 9.84. The summed E-state index contributed by atoms with van der Waals surface area (Å²) in [6, 6.07) is 13.9. The average molecular weight is 460 g/mol. The second kappa shape index (κ2) is 9.61. The number of piperidine rings is 1. The summed E-state index contributed by atoms with van der Waals surface area (Å²) in [6.45, 7) is 5.44. The molecule has 0 bridgehead atoms. The zero-order chi connectivity index (χ0) is 23.7. The largest absolute Gasteiger partial charge is 0.436 e. The molecule has 34 heavy (non-hydrogen) atoms. The summed E-state index contributed by atoms with van der Waals surface area (Å²) in [6.07, 6.45) is 6.35. The van der Waals surface area contributed by atoms with E-state index >= 15 is 0 Å². The van der Waals surface area contributed by atoms with E-state index in [9.17, 15) is 9.59 Å². The zero-order valence-electron chi connectivity index (χ0n) is 20.0. The lowest BCUT2D eigenvalue weighted by Crippen LogP contribution is -2.44. The quantitative estimate of drug-likeness (QED) is 0.558. The molecule has 2 heterocycles. The highest BCUT2D eigenvalue weighted by atomic mass is 16.3. The van der Waals surface area contributed by atoms with Crippen LogP contribution in [-0.2, 0) is 4.79 Å². The van der Waals surface area contributed by atoms with Crippen LogP contribution in [0.2, 0.25) is 0 Å². The highest BCUT2D eigenvalue weighted by molar-refractivity contribution is 5.97. The van der Waals surface area contributed by atoms with Gasteiger partial charge in [0.15, 0.2) is 5.58 Å². The fourth-order valence-electron chi connectivity index (χ4n) is 5.28. The number of amides is 2. The van der Waals surface area contributed by atoms with Gasteiger partial charge in [0, 0.05) is 36.2 Å². The summed E-state index contributed by atoms with van der Waals surface area (Å²) < 4.78 is 5.91. The number of aryl methyl sites for hydroxylation is 1. The molecule has 2 amide bonds. The number of rotatable bonds is 5. The van der Waals surface area contributed by atoms with Crippen molar-refractivity contribution >= 4 is 22.9 Å². The van der Waals surface area contributed by atoms with Gasteiger partial charge in [0.25, 0.3) is 5.91 Å². The number of hydrogen-bond acceptors (Lipinski definition) is 4. The molecule has 1 atom stereocenters. The van der Waals surface area contributed by atoms with Crippen LogP contribution in [0.15, 0.2) is 46.9 Å². The molecule has 6 nitrogen and oxygen atoms in total. The Morgan fingerprint density at radius 1 is 1.03 bits per heavy atom. The van der Waals surface area contributed by atoms with E-state index in [1.807, 2.05) is 61.2 Å². The smallest absolute Gasteiger partial charge is 0.253 e. The van der Waals surface area contributed by atoms with Crippen molar-refractivity contribution in [2.45, 2.75) is 58.4 Å². The molecule has 2 aliphatic rings. The molecule has 1 aliphatic carbocycles. The third-order valence-electron chi connectivity index (χ3n) is 7.58. The number of carbonyl (C=O) groups excluding carboxylic acids is 2. The Bertz CT molecular complexity index is 1170. The molecule has 1 aliphatic heterocycles. The third-order valence-corrected chi connectivity index (χ3v) is 7.58. The van der Waals surface area contributed by atoms with Gasteiger partial charge in [-0.2, -0.15) is 0 Å². The van der Waals surface area contributed by atoms with Crippen molar-refractivity contribution in [3.63, 3.8) is 0 Å². The van der Waals surface area contributed by atoms with Crippen molar-refractivity contribution in [2.75, 3.05) is 13.1 Å². The van der Waals surface area contributed by atoms with Gasteiger partial charge in [-0.3, -0.25) is 9.59 Å². The second-order valence-corrected chi connectivity index (χ2v) is 9.98. The Balaban J connectivity index is 1.21. The molecule has 2 fully saturated rings. The first-order chi connectivity index (χ1) is 16.5. The molecule has 1 saturated heterocycles. The number of nitrogens with zero attached hydrogens (tertiary/aromatic N) is 2. The maximum Gasteiger partial charge on any atom is 0.253 e. The molecule has 5 rings (SSSR count). The van der Waals surface area contributed by atoms with Crippen LogP contribution in [0, 0.1) is 18.8 Å². The minimum atomic E-state index is -0.00970. The predicted octanol–water partition coefficient (Wildman–Crippen LogP) is 5.35. The summed E-state index contributed by atoms with van der Waals surface area (Å²) in [4.78, 5) is 32.4. The first-order valence-corrected chi connectivity index (χ1v) is 12.6. The van der Waals surface area contributed by atoms with Crippen molar-refractivity contribution in [2.24, 2.45) is 11.8 Å². The molecule has 3 aromatic rings. The molecule has 2 aromatic carbocycles. The summed E-state index contributed by atoms with van der Waals surface area (Å²) in [5.74, 6) is 1.07. The highest BCUT2D eigenvalue weighted by Gasteiger charge is 2.31. The van der Waals surface area contributed by atoms with Crippen LogP contribution in [0.25, 0.3) is 22.6 Å². The van der Waals surface area contributed by atoms with E-state index in [0.717, 1.165) is 31.2 Å². The number of fused-ring (bicyclic) bond motifs is 1. The van der Waals surface area contributed by atoms with Crippen LogP contribution in [0.1, 0.15) is 61.4 Å². The van der Waals surface area contributed by atoms with Gasteiger partial charge in [-0.05, 0) is 68.9 Å². The summed E-state index contributed by atoms with van der Waals surface area (Å²) in [7, 11) is 0. The van der Waals surface area contributed by atoms with Crippen LogP contribution < -0.4 is 5.32 Å². The van der Waals surface area contributed by atoms with E-state index < -0.39 is 0 Å². The van der Waals surface area contributed by atoms with Gasteiger partial charge < -0.3 is 14.6 Å². The number of hydrogen-bond donors (Lipinski definition) is 1. The molecule has 6 heteroatoms. The Hall–Kier alpha value is -3.15. The molecule has 1 saturated carbocycles. The number of likely N-dealkylation sites (tertiary alicyclic amines) is 1. The van der Waals surface area contributed by atoms with E-state index in [4.69, 9.17) is 4.42 Å². The van der Waals surface area contributed by atoms with Crippen LogP contribution in [0.3, 0.4) is 0 Å². The molecule has 0 radical (unpaired) electrons. The minimum absolute atomic E-state index is 0.00970. The average Bonchev–Trinajstić information content (AvgIpc) is 3.53. The van der Waals surface area contributed by atoms with E-state index in [1.54, 1.807) is 0 Å². The number of carbonyl (C=O) groups is 2. The Morgan fingerprint density at radius 3 is 2.44 bits per heavy atom. The first-order valence-electron chi connectivity index (χ1n) is 12.6. The van der Waals surface area contributed by atoms with E-state index in [0.29, 0.717) is 47.6 Å². The molecule has 0 unspecified atom stereocenters. The van der Waals surface area contributed by atoms with Crippen molar-refractivity contribution in [3.05, 3.63) is 53.6 Å². The van der Waals surface area contributed by atoms with E-state index in [2.05, 4.69) is 10.3 Å². The number of nitrogens with one attached hydrogen (secondary N) is 1. The van der Waals surface area contributed by atoms with Gasteiger partial charge in [0.1, 0.15) is 5.52 Å². The second-order valence-electron chi connectivity index (χ2n) is 9.98. The maximum absolute atomic E-state index is 13.2. The molecule has 178 valence electrons. The highest BCUT2D eigenvalue weighted by Crippen LogP contribution is 2.29. The lowest BCUT2D eigenvalue weighted by Gasteiger charge is -2.34. The van der Waals surface area contributed by atoms with Crippen molar-refractivity contribution in [1.29, 1.82) is 0 Å². The number of oxazole rings is 1. The van der Waals surface area contributed by atoms with Crippen molar-refractivity contribution in [3.8, 4) is 11.5 Å². The van der Waals surface area contributed by atoms with Crippen LogP contribution in [-0.4, -0.2) is 40.8 Å². The Labute approximate surface area is 200 Å². The molecular weight excluding hydrogens is 426 g/mol. The maximum atomic E-state index is 13.2. The standard InChI is InChI=1S/C28H33N3O3/c1-18-7-9-21(10-8-18)27-30-24-17-22(11-12-25(24)34-27)28(33)31-15-13-20(14-16-31)19(2)26(32)29-23-5-3-4-6-23/h7-12,17,19-20,23H,3-6,13-16H2,1-2H3,(H,29,32)/t19-/m0/s1.